The summed E-state index contributed by atoms with van der Waals surface area (Å²) in [5, 5.41) is 0. The van der Waals surface area contributed by atoms with Crippen molar-refractivity contribution in [3.63, 3.8) is 0 Å². The second kappa shape index (κ2) is 8.04. The third kappa shape index (κ3) is 4.10. The van der Waals surface area contributed by atoms with Crippen LogP contribution in [0.4, 0.5) is 0 Å². The predicted octanol–water partition coefficient (Wildman–Crippen LogP) is 5.77. The molecule has 27 heavy (non-hydrogen) atoms. The van der Waals surface area contributed by atoms with E-state index >= 15 is 0 Å². The molecule has 2 atom stereocenters. The maximum Gasteiger partial charge on any atom is 0.118 e. The van der Waals surface area contributed by atoms with Crippen LogP contribution in [0.25, 0.3) is 0 Å². The molecule has 2 heteroatoms. The maximum absolute atomic E-state index is 5.27. The van der Waals surface area contributed by atoms with Crippen LogP contribution in [0.1, 0.15) is 30.4 Å². The summed E-state index contributed by atoms with van der Waals surface area (Å²) in [6, 6.07) is 17.0. The standard InChI is InChI=1S/C25H28O2/c1-26-24-11-3-18(4-12-24)15-20-7-9-23-17-22(20)10-8-21(23)16-19-5-13-25(27-2)14-6-19/h3-8,11-14,22-23H,9-10,15-17H2,1-2H3/t22-,23-/m0/s1. The molecule has 0 fully saturated rings. The summed E-state index contributed by atoms with van der Waals surface area (Å²) in [6.07, 6.45) is 10.9. The van der Waals surface area contributed by atoms with Crippen LogP contribution in [0, 0.1) is 11.8 Å². The fraction of sp³-hybridized carbons (Fsp3) is 0.360. The molecule has 0 saturated carbocycles. The van der Waals surface area contributed by atoms with E-state index in [0.29, 0.717) is 11.8 Å². The molecule has 0 radical (unpaired) electrons. The zero-order chi connectivity index (χ0) is 18.6. The molecule has 0 aliphatic heterocycles. The first-order valence-electron chi connectivity index (χ1n) is 9.89. The number of rotatable bonds is 6. The molecule has 2 aromatic carbocycles. The Kier molecular flexibility index (Phi) is 5.33. The van der Waals surface area contributed by atoms with Crippen molar-refractivity contribution in [2.24, 2.45) is 11.8 Å². The van der Waals surface area contributed by atoms with E-state index in [0.717, 1.165) is 24.3 Å². The Morgan fingerprint density at radius 2 is 1.07 bits per heavy atom. The largest absolute Gasteiger partial charge is 0.497 e. The topological polar surface area (TPSA) is 18.5 Å². The van der Waals surface area contributed by atoms with Gasteiger partial charge in [-0.15, -0.1) is 0 Å². The van der Waals surface area contributed by atoms with E-state index in [1.165, 1.54) is 30.4 Å². The van der Waals surface area contributed by atoms with Gasteiger partial charge in [0.05, 0.1) is 14.2 Å². The lowest BCUT2D eigenvalue weighted by Crippen LogP contribution is -2.23. The fourth-order valence-electron chi connectivity index (χ4n) is 4.45. The zero-order valence-electron chi connectivity index (χ0n) is 16.3. The molecule has 0 aromatic heterocycles. The molecule has 4 rings (SSSR count). The van der Waals surface area contributed by atoms with Crippen molar-refractivity contribution < 1.29 is 9.47 Å². The van der Waals surface area contributed by atoms with Crippen LogP contribution in [0.2, 0.25) is 0 Å². The molecule has 140 valence electrons. The van der Waals surface area contributed by atoms with Gasteiger partial charge in [0.15, 0.2) is 0 Å². The smallest absolute Gasteiger partial charge is 0.118 e. The molecular formula is C25H28O2. The minimum Gasteiger partial charge on any atom is -0.497 e. The Morgan fingerprint density at radius 1 is 0.667 bits per heavy atom. The van der Waals surface area contributed by atoms with Gasteiger partial charge in [0.2, 0.25) is 0 Å². The third-order valence-corrected chi connectivity index (χ3v) is 6.08. The van der Waals surface area contributed by atoms with Gasteiger partial charge in [-0.2, -0.15) is 0 Å². The number of benzene rings is 2. The molecule has 2 bridgehead atoms. The van der Waals surface area contributed by atoms with Gasteiger partial charge in [0.25, 0.3) is 0 Å². The molecule has 2 nitrogen and oxygen atoms in total. The molecule has 0 amide bonds. The summed E-state index contributed by atoms with van der Waals surface area (Å²) in [5.74, 6) is 3.29. The minimum atomic E-state index is 0.713. The zero-order valence-corrected chi connectivity index (χ0v) is 16.3. The summed E-state index contributed by atoms with van der Waals surface area (Å²) in [7, 11) is 3.44. The normalized spacial score (nSPS) is 21.3. The highest BCUT2D eigenvalue weighted by Crippen LogP contribution is 2.42. The average molecular weight is 360 g/mol. The average Bonchev–Trinajstić information content (AvgIpc) is 2.73. The van der Waals surface area contributed by atoms with Gasteiger partial charge in [-0.1, -0.05) is 47.6 Å². The van der Waals surface area contributed by atoms with Gasteiger partial charge in [-0.25, -0.2) is 0 Å². The quantitative estimate of drug-likeness (QED) is 0.609. The molecule has 0 heterocycles. The lowest BCUT2D eigenvalue weighted by atomic mass is 9.70. The van der Waals surface area contributed by atoms with Crippen LogP contribution in [-0.4, -0.2) is 14.2 Å². The Morgan fingerprint density at radius 3 is 1.44 bits per heavy atom. The summed E-state index contributed by atoms with van der Waals surface area (Å²) >= 11 is 0. The summed E-state index contributed by atoms with van der Waals surface area (Å²) in [6.45, 7) is 0. The van der Waals surface area contributed by atoms with Crippen LogP contribution in [0.3, 0.4) is 0 Å². The predicted molar refractivity (Wildman–Crippen MR) is 110 cm³/mol. The molecule has 0 unspecified atom stereocenters. The van der Waals surface area contributed by atoms with Crippen molar-refractivity contribution in [2.75, 3.05) is 14.2 Å². The second-order valence-electron chi connectivity index (χ2n) is 7.71. The third-order valence-electron chi connectivity index (χ3n) is 6.08. The Balaban J connectivity index is 1.40. The Hall–Kier alpha value is -2.48. The van der Waals surface area contributed by atoms with Crippen molar-refractivity contribution in [1.82, 2.24) is 0 Å². The van der Waals surface area contributed by atoms with Crippen molar-refractivity contribution in [2.45, 2.75) is 32.1 Å². The lowest BCUT2D eigenvalue weighted by Gasteiger charge is -2.35. The number of hydrogen-bond acceptors (Lipinski definition) is 2. The van der Waals surface area contributed by atoms with Crippen LogP contribution >= 0.6 is 0 Å². The van der Waals surface area contributed by atoms with Gasteiger partial charge < -0.3 is 9.47 Å². The summed E-state index contributed by atoms with van der Waals surface area (Å²) in [4.78, 5) is 0. The highest BCUT2D eigenvalue weighted by Gasteiger charge is 2.29. The van der Waals surface area contributed by atoms with E-state index in [1.54, 1.807) is 25.4 Å². The van der Waals surface area contributed by atoms with E-state index in [1.807, 2.05) is 0 Å². The van der Waals surface area contributed by atoms with Crippen LogP contribution < -0.4 is 9.47 Å². The fourth-order valence-corrected chi connectivity index (χ4v) is 4.45. The monoisotopic (exact) mass is 360 g/mol. The number of hydrogen-bond donors (Lipinski definition) is 0. The van der Waals surface area contributed by atoms with Crippen LogP contribution in [0.15, 0.2) is 71.8 Å². The number of methoxy groups -OCH3 is 2. The van der Waals surface area contributed by atoms with E-state index in [2.05, 4.69) is 60.7 Å². The first-order chi connectivity index (χ1) is 13.2. The Labute approximate surface area is 162 Å². The molecular weight excluding hydrogens is 332 g/mol. The number of fused-ring (bicyclic) bond motifs is 2. The second-order valence-corrected chi connectivity index (χ2v) is 7.71. The first kappa shape index (κ1) is 17.9. The van der Waals surface area contributed by atoms with Crippen LogP contribution in [-0.2, 0) is 12.8 Å². The van der Waals surface area contributed by atoms with Gasteiger partial charge in [-0.3, -0.25) is 0 Å². The highest BCUT2D eigenvalue weighted by atomic mass is 16.5. The van der Waals surface area contributed by atoms with E-state index in [-0.39, 0.29) is 0 Å². The van der Waals surface area contributed by atoms with E-state index < -0.39 is 0 Å². The molecule has 2 aliphatic rings. The molecule has 2 aromatic rings. The lowest BCUT2D eigenvalue weighted by molar-refractivity contribution is 0.391. The van der Waals surface area contributed by atoms with Gasteiger partial charge in [-0.05, 0) is 79.3 Å². The maximum atomic E-state index is 5.27. The van der Waals surface area contributed by atoms with Gasteiger partial charge in [0, 0.05) is 0 Å². The molecule has 2 aliphatic carbocycles. The molecule has 0 spiro atoms. The number of allylic oxidation sites excluding steroid dienone is 4. The highest BCUT2D eigenvalue weighted by molar-refractivity contribution is 5.35. The van der Waals surface area contributed by atoms with Crippen molar-refractivity contribution in [3.05, 3.63) is 83.0 Å². The SMILES string of the molecule is COc1ccc(CC2=CC[C@H]3C[C@@H]2CC=C3Cc2ccc(OC)cc2)cc1. The number of ether oxygens (including phenoxy) is 2. The van der Waals surface area contributed by atoms with Crippen molar-refractivity contribution in [1.29, 1.82) is 0 Å². The van der Waals surface area contributed by atoms with E-state index in [4.69, 9.17) is 9.47 Å². The van der Waals surface area contributed by atoms with Gasteiger partial charge in [0.1, 0.15) is 11.5 Å². The van der Waals surface area contributed by atoms with Gasteiger partial charge >= 0.3 is 0 Å². The summed E-state index contributed by atoms with van der Waals surface area (Å²) < 4.78 is 10.5. The van der Waals surface area contributed by atoms with Crippen molar-refractivity contribution in [3.8, 4) is 11.5 Å². The summed E-state index contributed by atoms with van der Waals surface area (Å²) in [5.41, 5.74) is 6.01. The van der Waals surface area contributed by atoms with Crippen LogP contribution in [0.5, 0.6) is 11.5 Å². The first-order valence-corrected chi connectivity index (χ1v) is 9.89. The van der Waals surface area contributed by atoms with E-state index in [9.17, 15) is 0 Å². The minimum absolute atomic E-state index is 0.713. The molecule has 0 saturated heterocycles. The van der Waals surface area contributed by atoms with Crippen molar-refractivity contribution >= 4 is 0 Å². The molecule has 0 N–H and O–H groups in total. The Bertz CT molecular complexity index is 756.